The first-order valence-electron chi connectivity index (χ1n) is 4.42. The summed E-state index contributed by atoms with van der Waals surface area (Å²) >= 11 is 1.17. The summed E-state index contributed by atoms with van der Waals surface area (Å²) in [5.41, 5.74) is 1.57. The minimum absolute atomic E-state index is 0.0512. The molecular formula is C9H7FN2O3S2. The topological polar surface area (TPSA) is 76.1 Å². The molecule has 0 fully saturated rings. The maximum absolute atomic E-state index is 13.5. The summed E-state index contributed by atoms with van der Waals surface area (Å²) < 4.78 is 37.5. The number of carbonyl (C=O) groups excluding carboxylic acids is 1. The van der Waals surface area contributed by atoms with Gasteiger partial charge in [-0.05, 0) is 12.1 Å². The molecule has 0 spiro atoms. The van der Waals surface area contributed by atoms with Crippen molar-refractivity contribution in [2.24, 2.45) is 0 Å². The van der Waals surface area contributed by atoms with Gasteiger partial charge in [-0.2, -0.15) is 0 Å². The fourth-order valence-corrected chi connectivity index (χ4v) is 2.47. The van der Waals surface area contributed by atoms with Crippen molar-refractivity contribution in [2.45, 2.75) is 0 Å². The average Bonchev–Trinajstić information content (AvgIpc) is 2.63. The molecule has 2 aromatic rings. The molecule has 1 heterocycles. The van der Waals surface area contributed by atoms with Crippen LogP contribution in [0.15, 0.2) is 17.6 Å². The standard InChI is InChI=1S/C9H7FN2O3S2/c1-17(14,15)12-9(13)5-2-6(10)8-7(3-5)16-4-11-8/h2-4H,1H3,(H,12,13). The molecule has 90 valence electrons. The van der Waals surface area contributed by atoms with Crippen molar-refractivity contribution in [1.82, 2.24) is 9.71 Å². The van der Waals surface area contributed by atoms with Gasteiger partial charge in [0.2, 0.25) is 10.0 Å². The molecule has 1 aromatic carbocycles. The van der Waals surface area contributed by atoms with Gasteiger partial charge in [0.25, 0.3) is 5.91 Å². The van der Waals surface area contributed by atoms with Crippen LogP contribution in [-0.2, 0) is 10.0 Å². The van der Waals surface area contributed by atoms with Crippen LogP contribution in [0.3, 0.4) is 0 Å². The zero-order valence-corrected chi connectivity index (χ0v) is 10.2. The fraction of sp³-hybridized carbons (Fsp3) is 0.111. The number of carbonyl (C=O) groups is 1. The van der Waals surface area contributed by atoms with Crippen molar-refractivity contribution in [3.63, 3.8) is 0 Å². The third-order valence-electron chi connectivity index (χ3n) is 1.93. The zero-order valence-electron chi connectivity index (χ0n) is 8.60. The van der Waals surface area contributed by atoms with Crippen LogP contribution in [0.2, 0.25) is 0 Å². The van der Waals surface area contributed by atoms with E-state index in [2.05, 4.69) is 4.98 Å². The molecule has 0 unspecified atom stereocenters. The fourth-order valence-electron chi connectivity index (χ4n) is 1.28. The highest BCUT2D eigenvalue weighted by molar-refractivity contribution is 7.89. The van der Waals surface area contributed by atoms with Crippen LogP contribution in [0.5, 0.6) is 0 Å². The molecule has 0 aliphatic rings. The Kier molecular flexibility index (Phi) is 2.84. The number of fused-ring (bicyclic) bond motifs is 1. The van der Waals surface area contributed by atoms with E-state index in [0.29, 0.717) is 4.70 Å². The summed E-state index contributed by atoms with van der Waals surface area (Å²) in [7, 11) is -3.66. The second-order valence-electron chi connectivity index (χ2n) is 3.36. The minimum Gasteiger partial charge on any atom is -0.268 e. The van der Waals surface area contributed by atoms with Crippen LogP contribution in [0.25, 0.3) is 10.2 Å². The summed E-state index contributed by atoms with van der Waals surface area (Å²) in [4.78, 5) is 15.3. The van der Waals surface area contributed by atoms with Gasteiger partial charge in [-0.3, -0.25) is 4.79 Å². The van der Waals surface area contributed by atoms with E-state index in [0.717, 1.165) is 12.3 Å². The number of rotatable bonds is 2. The van der Waals surface area contributed by atoms with Crippen molar-refractivity contribution in [3.05, 3.63) is 29.0 Å². The second kappa shape index (κ2) is 4.04. The maximum atomic E-state index is 13.5. The number of nitrogens with one attached hydrogen (secondary N) is 1. The summed E-state index contributed by atoms with van der Waals surface area (Å²) in [6.07, 6.45) is 0.854. The second-order valence-corrected chi connectivity index (χ2v) is 6.00. The molecule has 0 aliphatic heterocycles. The molecule has 17 heavy (non-hydrogen) atoms. The summed E-state index contributed by atoms with van der Waals surface area (Å²) in [6, 6.07) is 2.36. The first kappa shape index (κ1) is 11.9. The summed E-state index contributed by atoms with van der Waals surface area (Å²) in [5, 5.41) is 0. The Morgan fingerprint density at radius 3 is 2.82 bits per heavy atom. The summed E-state index contributed by atoms with van der Waals surface area (Å²) in [6.45, 7) is 0. The van der Waals surface area contributed by atoms with Gasteiger partial charge in [0.05, 0.1) is 16.5 Å². The lowest BCUT2D eigenvalue weighted by molar-refractivity contribution is 0.0981. The Hall–Kier alpha value is -1.54. The summed E-state index contributed by atoms with van der Waals surface area (Å²) in [5.74, 6) is -1.51. The SMILES string of the molecule is CS(=O)(=O)NC(=O)c1cc(F)c2ncsc2c1. The Morgan fingerprint density at radius 2 is 2.18 bits per heavy atom. The van der Waals surface area contributed by atoms with Gasteiger partial charge in [0, 0.05) is 5.56 Å². The van der Waals surface area contributed by atoms with Crippen molar-refractivity contribution in [1.29, 1.82) is 0 Å². The highest BCUT2D eigenvalue weighted by Crippen LogP contribution is 2.22. The molecule has 0 aliphatic carbocycles. The van der Waals surface area contributed by atoms with Crippen LogP contribution in [-0.4, -0.2) is 25.6 Å². The molecule has 1 amide bonds. The van der Waals surface area contributed by atoms with Crippen molar-refractivity contribution in [2.75, 3.05) is 6.26 Å². The van der Waals surface area contributed by atoms with Gasteiger partial charge in [-0.25, -0.2) is 22.5 Å². The highest BCUT2D eigenvalue weighted by atomic mass is 32.2. The van der Waals surface area contributed by atoms with Crippen LogP contribution in [0.4, 0.5) is 4.39 Å². The van der Waals surface area contributed by atoms with Crippen LogP contribution in [0.1, 0.15) is 10.4 Å². The van der Waals surface area contributed by atoms with E-state index in [1.807, 2.05) is 0 Å². The number of amides is 1. The van der Waals surface area contributed by atoms with Gasteiger partial charge in [-0.15, -0.1) is 11.3 Å². The molecule has 8 heteroatoms. The molecule has 0 saturated heterocycles. The first-order valence-corrected chi connectivity index (χ1v) is 7.19. The van der Waals surface area contributed by atoms with Crippen molar-refractivity contribution in [3.8, 4) is 0 Å². The number of halogens is 1. The molecular weight excluding hydrogens is 267 g/mol. The van der Waals surface area contributed by atoms with E-state index in [4.69, 9.17) is 0 Å². The molecule has 0 atom stereocenters. The number of hydrogen-bond donors (Lipinski definition) is 1. The van der Waals surface area contributed by atoms with E-state index in [9.17, 15) is 17.6 Å². The molecule has 1 aromatic heterocycles. The van der Waals surface area contributed by atoms with Crippen LogP contribution < -0.4 is 4.72 Å². The molecule has 2 rings (SSSR count). The molecule has 1 N–H and O–H groups in total. The van der Waals surface area contributed by atoms with E-state index in [1.54, 1.807) is 4.72 Å². The third-order valence-corrected chi connectivity index (χ3v) is 3.26. The van der Waals surface area contributed by atoms with Crippen LogP contribution in [0, 0.1) is 5.82 Å². The molecule has 0 saturated carbocycles. The maximum Gasteiger partial charge on any atom is 0.264 e. The number of aromatic nitrogens is 1. The Labute approximate surface area is 100 Å². The Morgan fingerprint density at radius 1 is 1.47 bits per heavy atom. The van der Waals surface area contributed by atoms with Gasteiger partial charge < -0.3 is 0 Å². The molecule has 0 radical (unpaired) electrons. The average molecular weight is 274 g/mol. The normalized spacial score (nSPS) is 11.6. The highest BCUT2D eigenvalue weighted by Gasteiger charge is 2.14. The minimum atomic E-state index is -3.66. The van der Waals surface area contributed by atoms with E-state index < -0.39 is 21.7 Å². The number of thiazole rings is 1. The van der Waals surface area contributed by atoms with Crippen molar-refractivity contribution < 1.29 is 17.6 Å². The van der Waals surface area contributed by atoms with Crippen LogP contribution >= 0.6 is 11.3 Å². The van der Waals surface area contributed by atoms with Gasteiger partial charge in [0.15, 0.2) is 5.82 Å². The third kappa shape index (κ3) is 2.59. The monoisotopic (exact) mass is 274 g/mol. The number of sulfonamides is 1. The van der Waals surface area contributed by atoms with E-state index in [-0.39, 0.29) is 11.1 Å². The quantitative estimate of drug-likeness (QED) is 0.890. The van der Waals surface area contributed by atoms with Gasteiger partial charge >= 0.3 is 0 Å². The number of nitrogens with zero attached hydrogens (tertiary/aromatic N) is 1. The number of hydrogen-bond acceptors (Lipinski definition) is 5. The lowest BCUT2D eigenvalue weighted by Crippen LogP contribution is -2.29. The first-order chi connectivity index (χ1) is 7.87. The molecule has 0 bridgehead atoms. The number of benzene rings is 1. The van der Waals surface area contributed by atoms with E-state index >= 15 is 0 Å². The zero-order chi connectivity index (χ0) is 12.6. The largest absolute Gasteiger partial charge is 0.268 e. The molecule has 5 nitrogen and oxygen atoms in total. The predicted octanol–water partition coefficient (Wildman–Crippen LogP) is 1.12. The lowest BCUT2D eigenvalue weighted by Gasteiger charge is -2.02. The smallest absolute Gasteiger partial charge is 0.264 e. The van der Waals surface area contributed by atoms with Gasteiger partial charge in [-0.1, -0.05) is 0 Å². The van der Waals surface area contributed by atoms with E-state index in [1.165, 1.54) is 22.9 Å². The predicted molar refractivity (Wildman–Crippen MR) is 61.9 cm³/mol. The Bertz CT molecular complexity index is 693. The van der Waals surface area contributed by atoms with Gasteiger partial charge in [0.1, 0.15) is 5.52 Å². The Balaban J connectivity index is 2.46. The lowest BCUT2D eigenvalue weighted by atomic mass is 10.2. The van der Waals surface area contributed by atoms with Crippen molar-refractivity contribution >= 4 is 37.5 Å².